The van der Waals surface area contributed by atoms with Gasteiger partial charge in [0.05, 0.1) is 0 Å². The summed E-state index contributed by atoms with van der Waals surface area (Å²) in [7, 11) is 0. The molecule has 0 spiro atoms. The molecule has 2 aromatic rings. The first-order chi connectivity index (χ1) is 11.4. The van der Waals surface area contributed by atoms with Crippen molar-refractivity contribution in [3.05, 3.63) is 94.6 Å². The Balaban J connectivity index is 0. The molecule has 28 heavy (non-hydrogen) atoms. The molecule has 0 amide bonds. The van der Waals surface area contributed by atoms with Crippen LogP contribution in [0, 0.1) is 11.5 Å². The maximum absolute atomic E-state index is 3.58. The Morgan fingerprint density at radius 2 is 1.11 bits per heavy atom. The molecule has 0 saturated heterocycles. The zero-order chi connectivity index (χ0) is 17.4. The van der Waals surface area contributed by atoms with Crippen molar-refractivity contribution in [1.29, 1.82) is 0 Å². The molecule has 0 N–H and O–H groups in total. The van der Waals surface area contributed by atoms with Gasteiger partial charge < -0.3 is 37.2 Å². The van der Waals surface area contributed by atoms with Gasteiger partial charge in [-0.3, -0.25) is 6.08 Å². The van der Waals surface area contributed by atoms with Gasteiger partial charge in [0.25, 0.3) is 0 Å². The maximum Gasteiger partial charge on any atom is 4.00 e. The molecule has 3 rings (SSSR count). The van der Waals surface area contributed by atoms with E-state index < -0.39 is 0 Å². The van der Waals surface area contributed by atoms with Crippen LogP contribution in [-0.4, -0.2) is 0 Å². The average molecular weight is 470 g/mol. The van der Waals surface area contributed by atoms with Crippen LogP contribution in [0.2, 0.25) is 0 Å². The molecule has 0 aromatic heterocycles. The second-order valence-electron chi connectivity index (χ2n) is 7.81. The summed E-state index contributed by atoms with van der Waals surface area (Å²) in [6, 6.07) is 22.0. The Kier molecular flexibility index (Phi) is 12.3. The van der Waals surface area contributed by atoms with E-state index in [-0.39, 0.29) is 69.8 Å². The molecule has 0 fully saturated rings. The summed E-state index contributed by atoms with van der Waals surface area (Å²) in [5.41, 5.74) is 6.82. The van der Waals surface area contributed by atoms with E-state index in [4.69, 9.17) is 0 Å². The molecule has 1 aliphatic carbocycles. The van der Waals surface area contributed by atoms with Crippen molar-refractivity contribution in [3.8, 4) is 0 Å². The van der Waals surface area contributed by atoms with Crippen molar-refractivity contribution in [3.63, 3.8) is 0 Å². The van der Waals surface area contributed by atoms with Crippen molar-refractivity contribution >= 4 is 0 Å². The van der Waals surface area contributed by atoms with Gasteiger partial charge in [-0.1, -0.05) is 88.4 Å². The quantitative estimate of drug-likeness (QED) is 0.345. The molecule has 0 bridgehead atoms. The van der Waals surface area contributed by atoms with Gasteiger partial charge in [0.1, 0.15) is 0 Å². The van der Waals surface area contributed by atoms with Gasteiger partial charge in [0.2, 0.25) is 0 Å². The molecule has 148 valence electrons. The van der Waals surface area contributed by atoms with Gasteiger partial charge >= 0.3 is 21.7 Å². The Labute approximate surface area is 204 Å². The molecule has 4 heteroatoms. The molecule has 0 aliphatic heterocycles. The van der Waals surface area contributed by atoms with Crippen LogP contribution in [0.15, 0.2) is 77.4 Å². The van der Waals surface area contributed by atoms with Crippen LogP contribution in [-0.2, 0) is 27.1 Å². The molecule has 0 heterocycles. The summed E-state index contributed by atoms with van der Waals surface area (Å²) in [6.07, 6.45) is 4.49. The summed E-state index contributed by atoms with van der Waals surface area (Å²) < 4.78 is 0. The molecule has 1 aliphatic rings. The number of allylic oxidation sites excluding steroid dienone is 4. The fourth-order valence-corrected chi connectivity index (χ4v) is 4.34. The minimum Gasteiger partial charge on any atom is -1.00 e. The third kappa shape index (κ3) is 4.97. The summed E-state index contributed by atoms with van der Waals surface area (Å²) in [5, 5.41) is 0. The molecular formula is C24H27Cl3Ti. The SMILES string of the molecule is CC1=[C-]CC(C(c2ccccc2)(c2ccccc2)C(C)(C)C)=C1C.[Cl-].[Cl-].[Cl-].[Ti+4]. The van der Waals surface area contributed by atoms with Crippen LogP contribution in [0.3, 0.4) is 0 Å². The van der Waals surface area contributed by atoms with Crippen molar-refractivity contribution in [2.45, 2.75) is 46.5 Å². The van der Waals surface area contributed by atoms with E-state index >= 15 is 0 Å². The van der Waals surface area contributed by atoms with Gasteiger partial charge in [-0.2, -0.15) is 5.57 Å². The van der Waals surface area contributed by atoms with E-state index in [1.807, 2.05) is 0 Å². The Bertz CT molecular complexity index is 748. The normalized spacial score (nSPS) is 13.4. The van der Waals surface area contributed by atoms with Gasteiger partial charge in [-0.05, 0) is 16.5 Å². The maximum atomic E-state index is 3.58. The predicted molar refractivity (Wildman–Crippen MR) is 103 cm³/mol. The first-order valence-electron chi connectivity index (χ1n) is 8.78. The van der Waals surface area contributed by atoms with Crippen LogP contribution in [0.5, 0.6) is 0 Å². The van der Waals surface area contributed by atoms with Gasteiger partial charge in [0, 0.05) is 5.41 Å². The predicted octanol–water partition coefficient (Wildman–Crippen LogP) is -2.50. The zero-order valence-electron chi connectivity index (χ0n) is 17.1. The topological polar surface area (TPSA) is 0 Å². The molecule has 0 nitrogen and oxygen atoms in total. The van der Waals surface area contributed by atoms with E-state index in [1.54, 1.807) is 0 Å². The number of benzene rings is 2. The van der Waals surface area contributed by atoms with E-state index in [0.29, 0.717) is 0 Å². The van der Waals surface area contributed by atoms with E-state index in [9.17, 15) is 0 Å². The first-order valence-corrected chi connectivity index (χ1v) is 8.78. The second-order valence-corrected chi connectivity index (χ2v) is 7.81. The van der Waals surface area contributed by atoms with Gasteiger partial charge in [-0.25, -0.2) is 5.57 Å². The summed E-state index contributed by atoms with van der Waals surface area (Å²) in [6.45, 7) is 11.5. The van der Waals surface area contributed by atoms with Crippen LogP contribution in [0.4, 0.5) is 0 Å². The number of hydrogen-bond donors (Lipinski definition) is 0. The molecule has 0 unspecified atom stereocenters. The molecule has 0 atom stereocenters. The minimum absolute atomic E-state index is 0. The third-order valence-corrected chi connectivity index (χ3v) is 5.54. The monoisotopic (exact) mass is 468 g/mol. The largest absolute Gasteiger partial charge is 4.00 e. The fourth-order valence-electron chi connectivity index (χ4n) is 4.34. The van der Waals surface area contributed by atoms with Crippen molar-refractivity contribution in [2.24, 2.45) is 5.41 Å². The van der Waals surface area contributed by atoms with Gasteiger partial charge in [0.15, 0.2) is 0 Å². The van der Waals surface area contributed by atoms with Crippen LogP contribution in [0.25, 0.3) is 0 Å². The Morgan fingerprint density at radius 1 is 0.714 bits per heavy atom. The second kappa shape index (κ2) is 11.6. The zero-order valence-corrected chi connectivity index (χ0v) is 20.9. The van der Waals surface area contributed by atoms with E-state index in [2.05, 4.69) is 101 Å². The minimum atomic E-state index is -0.148. The molecular weight excluding hydrogens is 442 g/mol. The molecule has 0 radical (unpaired) electrons. The standard InChI is InChI=1S/C24H27.3ClH.Ti/c1-18-16-17-22(19(18)2)24(23(3,4)5,20-12-8-6-9-13-20)21-14-10-7-11-15-21;;;;/h6-15H,17H2,1-5H3;3*1H;/q-1;;;;+4/p-3. The van der Waals surface area contributed by atoms with Crippen molar-refractivity contribution in [2.75, 3.05) is 0 Å². The number of hydrogen-bond acceptors (Lipinski definition) is 0. The fraction of sp³-hybridized carbons (Fsp3) is 0.333. The number of rotatable bonds is 3. The Morgan fingerprint density at radius 3 is 1.39 bits per heavy atom. The van der Waals surface area contributed by atoms with E-state index in [0.717, 1.165) is 6.42 Å². The smallest absolute Gasteiger partial charge is 1.00 e. The van der Waals surface area contributed by atoms with Crippen molar-refractivity contribution in [1.82, 2.24) is 0 Å². The summed E-state index contributed by atoms with van der Waals surface area (Å²) >= 11 is 0. The van der Waals surface area contributed by atoms with Crippen LogP contribution >= 0.6 is 0 Å². The van der Waals surface area contributed by atoms with Crippen LogP contribution < -0.4 is 37.2 Å². The molecule has 2 aromatic carbocycles. The summed E-state index contributed by atoms with van der Waals surface area (Å²) in [5.74, 6) is 0. The van der Waals surface area contributed by atoms with E-state index in [1.165, 1.54) is 27.8 Å². The van der Waals surface area contributed by atoms with Gasteiger partial charge in [-0.15, -0.1) is 18.9 Å². The van der Waals surface area contributed by atoms with Crippen molar-refractivity contribution < 1.29 is 58.9 Å². The molecule has 0 saturated carbocycles. The van der Waals surface area contributed by atoms with Crippen LogP contribution in [0.1, 0.15) is 52.2 Å². The third-order valence-electron chi connectivity index (χ3n) is 5.54. The number of halogens is 3. The first kappa shape index (κ1) is 29.7. The summed E-state index contributed by atoms with van der Waals surface area (Å²) in [4.78, 5) is 0. The average Bonchev–Trinajstić information content (AvgIpc) is 2.89. The Hall–Kier alpha value is -0.496.